The molecule has 2 fully saturated rings. The average molecular weight is 365 g/mol. The number of piperazine rings is 1. The fraction of sp³-hybridized carbons (Fsp3) is 0.737. The number of rotatable bonds is 4. The standard InChI is InChI=1S/C19H31N3O4/c1-19(2,3)26-18(25)20-9-8-16(23)21-10-12-22(13-11-21)17(24)14-15-6-4-5-7-15/h14H,4-13H2,1-3H3,(H,20,25). The molecular weight excluding hydrogens is 334 g/mol. The summed E-state index contributed by atoms with van der Waals surface area (Å²) in [4.78, 5) is 39.7. The zero-order chi connectivity index (χ0) is 19.2. The largest absolute Gasteiger partial charge is 0.444 e. The summed E-state index contributed by atoms with van der Waals surface area (Å²) in [6.07, 6.45) is 5.94. The van der Waals surface area contributed by atoms with Crippen molar-refractivity contribution in [3.63, 3.8) is 0 Å². The Kier molecular flexibility index (Phi) is 7.06. The molecule has 0 spiro atoms. The third-order valence-electron chi connectivity index (χ3n) is 4.52. The van der Waals surface area contributed by atoms with Crippen molar-refractivity contribution in [3.05, 3.63) is 11.6 Å². The van der Waals surface area contributed by atoms with Crippen molar-refractivity contribution in [3.8, 4) is 0 Å². The number of alkyl carbamates (subject to hydrolysis) is 1. The van der Waals surface area contributed by atoms with Crippen LogP contribution in [0.2, 0.25) is 0 Å². The SMILES string of the molecule is CC(C)(C)OC(=O)NCCC(=O)N1CCN(C(=O)C=C2CCCC2)CC1. The van der Waals surface area contributed by atoms with Gasteiger partial charge in [-0.2, -0.15) is 0 Å². The number of hydrogen-bond donors (Lipinski definition) is 1. The van der Waals surface area contributed by atoms with Crippen LogP contribution in [-0.4, -0.2) is 66.0 Å². The van der Waals surface area contributed by atoms with E-state index in [0.29, 0.717) is 26.2 Å². The number of carbonyl (C=O) groups excluding carboxylic acids is 3. The summed E-state index contributed by atoms with van der Waals surface area (Å²) in [5.41, 5.74) is 0.701. The van der Waals surface area contributed by atoms with E-state index in [0.717, 1.165) is 12.8 Å². The second kappa shape index (κ2) is 9.05. The summed E-state index contributed by atoms with van der Waals surface area (Å²) < 4.78 is 5.14. The summed E-state index contributed by atoms with van der Waals surface area (Å²) in [7, 11) is 0. The lowest BCUT2D eigenvalue weighted by Crippen LogP contribution is -2.50. The number of nitrogens with one attached hydrogen (secondary N) is 1. The van der Waals surface area contributed by atoms with E-state index in [1.165, 1.54) is 18.4 Å². The summed E-state index contributed by atoms with van der Waals surface area (Å²) in [6, 6.07) is 0. The van der Waals surface area contributed by atoms with Crippen LogP contribution in [0, 0.1) is 0 Å². The van der Waals surface area contributed by atoms with Gasteiger partial charge in [0.05, 0.1) is 0 Å². The van der Waals surface area contributed by atoms with Crippen molar-refractivity contribution in [1.82, 2.24) is 15.1 Å². The minimum absolute atomic E-state index is 0.0118. The van der Waals surface area contributed by atoms with Gasteiger partial charge in [-0.15, -0.1) is 0 Å². The molecule has 0 unspecified atom stereocenters. The number of carbonyl (C=O) groups is 3. The van der Waals surface area contributed by atoms with E-state index in [9.17, 15) is 14.4 Å². The van der Waals surface area contributed by atoms with E-state index in [1.807, 2.05) is 4.90 Å². The lowest BCUT2D eigenvalue weighted by molar-refractivity contribution is -0.137. The first kappa shape index (κ1) is 20.3. The second-order valence-corrected chi connectivity index (χ2v) is 7.89. The molecule has 2 aliphatic rings. The Morgan fingerprint density at radius 3 is 2.19 bits per heavy atom. The Hall–Kier alpha value is -2.05. The molecule has 0 radical (unpaired) electrons. The zero-order valence-electron chi connectivity index (χ0n) is 16.2. The quantitative estimate of drug-likeness (QED) is 0.774. The Labute approximate surface area is 155 Å². The van der Waals surface area contributed by atoms with E-state index in [4.69, 9.17) is 4.74 Å². The molecule has 1 saturated carbocycles. The molecule has 7 heteroatoms. The predicted molar refractivity (Wildman–Crippen MR) is 98.6 cm³/mol. The molecule has 26 heavy (non-hydrogen) atoms. The third-order valence-corrected chi connectivity index (χ3v) is 4.52. The molecule has 1 saturated heterocycles. The molecule has 146 valence electrons. The molecule has 0 aromatic heterocycles. The maximum atomic E-state index is 12.3. The van der Waals surface area contributed by atoms with Gasteiger partial charge in [0.2, 0.25) is 11.8 Å². The van der Waals surface area contributed by atoms with Gasteiger partial charge in [0.15, 0.2) is 0 Å². The van der Waals surface area contributed by atoms with Gasteiger partial charge in [0.1, 0.15) is 5.60 Å². The Morgan fingerprint density at radius 2 is 1.62 bits per heavy atom. The zero-order valence-corrected chi connectivity index (χ0v) is 16.2. The van der Waals surface area contributed by atoms with Crippen LogP contribution in [-0.2, 0) is 14.3 Å². The molecule has 1 aliphatic heterocycles. The molecular formula is C19H31N3O4. The van der Waals surface area contributed by atoms with Crippen molar-refractivity contribution in [2.45, 2.75) is 58.5 Å². The van der Waals surface area contributed by atoms with E-state index < -0.39 is 11.7 Å². The molecule has 3 amide bonds. The molecule has 0 bridgehead atoms. The topological polar surface area (TPSA) is 79.0 Å². The number of ether oxygens (including phenoxy) is 1. The molecule has 7 nitrogen and oxygen atoms in total. The molecule has 0 aromatic rings. The van der Waals surface area contributed by atoms with Crippen LogP contribution < -0.4 is 5.32 Å². The minimum atomic E-state index is -0.551. The first-order valence-corrected chi connectivity index (χ1v) is 9.47. The Morgan fingerprint density at radius 1 is 1.04 bits per heavy atom. The van der Waals surface area contributed by atoms with Crippen LogP contribution in [0.1, 0.15) is 52.9 Å². The highest BCUT2D eigenvalue weighted by atomic mass is 16.6. The maximum Gasteiger partial charge on any atom is 0.407 e. The fourth-order valence-electron chi connectivity index (χ4n) is 3.16. The lowest BCUT2D eigenvalue weighted by Gasteiger charge is -2.34. The van der Waals surface area contributed by atoms with Gasteiger partial charge in [-0.3, -0.25) is 9.59 Å². The van der Waals surface area contributed by atoms with Gasteiger partial charge >= 0.3 is 6.09 Å². The number of nitrogens with zero attached hydrogens (tertiary/aromatic N) is 2. The van der Waals surface area contributed by atoms with Gasteiger partial charge in [-0.05, 0) is 46.5 Å². The van der Waals surface area contributed by atoms with Crippen LogP contribution in [0.4, 0.5) is 4.79 Å². The van der Waals surface area contributed by atoms with Crippen molar-refractivity contribution < 1.29 is 19.1 Å². The van der Waals surface area contributed by atoms with Crippen molar-refractivity contribution in [1.29, 1.82) is 0 Å². The first-order valence-electron chi connectivity index (χ1n) is 9.47. The van der Waals surface area contributed by atoms with Crippen molar-refractivity contribution >= 4 is 17.9 Å². The van der Waals surface area contributed by atoms with E-state index in [-0.39, 0.29) is 24.8 Å². The normalized spacial score (nSPS) is 17.9. The predicted octanol–water partition coefficient (Wildman–Crippen LogP) is 2.07. The van der Waals surface area contributed by atoms with E-state index in [1.54, 1.807) is 31.7 Å². The van der Waals surface area contributed by atoms with Gasteiger partial charge in [-0.25, -0.2) is 4.79 Å². The maximum absolute atomic E-state index is 12.3. The monoisotopic (exact) mass is 365 g/mol. The van der Waals surface area contributed by atoms with Crippen LogP contribution in [0.25, 0.3) is 0 Å². The van der Waals surface area contributed by atoms with Gasteiger partial charge in [-0.1, -0.05) is 5.57 Å². The molecule has 1 heterocycles. The average Bonchev–Trinajstić information content (AvgIpc) is 3.06. The van der Waals surface area contributed by atoms with Crippen molar-refractivity contribution in [2.24, 2.45) is 0 Å². The lowest BCUT2D eigenvalue weighted by atomic mass is 10.2. The molecule has 1 aliphatic carbocycles. The number of amides is 3. The molecule has 0 aromatic carbocycles. The van der Waals surface area contributed by atoms with Gasteiger partial charge in [0.25, 0.3) is 0 Å². The first-order chi connectivity index (χ1) is 12.2. The highest BCUT2D eigenvalue weighted by Gasteiger charge is 2.24. The fourth-order valence-corrected chi connectivity index (χ4v) is 3.16. The van der Waals surface area contributed by atoms with E-state index in [2.05, 4.69) is 5.32 Å². The van der Waals surface area contributed by atoms with E-state index >= 15 is 0 Å². The summed E-state index contributed by atoms with van der Waals surface area (Å²) in [6.45, 7) is 7.84. The molecule has 0 atom stereocenters. The minimum Gasteiger partial charge on any atom is -0.444 e. The smallest absolute Gasteiger partial charge is 0.407 e. The Balaban J connectivity index is 1.67. The third kappa shape index (κ3) is 6.69. The summed E-state index contributed by atoms with van der Waals surface area (Å²) >= 11 is 0. The molecule has 1 N–H and O–H groups in total. The highest BCUT2D eigenvalue weighted by Crippen LogP contribution is 2.23. The van der Waals surface area contributed by atoms with Crippen LogP contribution in [0.3, 0.4) is 0 Å². The molecule has 2 rings (SSSR count). The van der Waals surface area contributed by atoms with Crippen LogP contribution in [0.15, 0.2) is 11.6 Å². The van der Waals surface area contributed by atoms with Crippen LogP contribution >= 0.6 is 0 Å². The van der Waals surface area contributed by atoms with Crippen LogP contribution in [0.5, 0.6) is 0 Å². The summed E-state index contributed by atoms with van der Waals surface area (Å²) in [5.74, 6) is 0.0582. The van der Waals surface area contributed by atoms with Gasteiger partial charge in [0, 0.05) is 45.2 Å². The van der Waals surface area contributed by atoms with Gasteiger partial charge < -0.3 is 19.9 Å². The number of allylic oxidation sites excluding steroid dienone is 1. The van der Waals surface area contributed by atoms with Crippen molar-refractivity contribution in [2.75, 3.05) is 32.7 Å². The Bertz CT molecular complexity index is 550. The second-order valence-electron chi connectivity index (χ2n) is 7.89. The summed E-state index contributed by atoms with van der Waals surface area (Å²) in [5, 5.41) is 2.60. The highest BCUT2D eigenvalue weighted by molar-refractivity contribution is 5.88. The number of hydrogen-bond acceptors (Lipinski definition) is 4.